The molecule has 0 aliphatic carbocycles. The molecule has 1 saturated heterocycles. The van der Waals surface area contributed by atoms with Crippen LogP contribution in [0.5, 0.6) is 0 Å². The number of aromatic nitrogens is 1. The van der Waals surface area contributed by atoms with Crippen molar-refractivity contribution in [3.05, 3.63) is 27.5 Å². The van der Waals surface area contributed by atoms with E-state index >= 15 is 0 Å². The Kier molecular flexibility index (Phi) is 5.11. The Hall–Kier alpha value is -0.850. The first kappa shape index (κ1) is 16.5. The highest BCUT2D eigenvalue weighted by Crippen LogP contribution is 2.22. The number of carbonyl (C=O) groups is 1. The fourth-order valence-corrected chi connectivity index (χ4v) is 4.71. The van der Waals surface area contributed by atoms with Gasteiger partial charge in [-0.05, 0) is 37.3 Å². The van der Waals surface area contributed by atoms with Gasteiger partial charge in [-0.25, -0.2) is 13.4 Å². The van der Waals surface area contributed by atoms with Crippen molar-refractivity contribution < 1.29 is 13.2 Å². The van der Waals surface area contributed by atoms with Crippen molar-refractivity contribution in [3.8, 4) is 0 Å². The van der Waals surface area contributed by atoms with E-state index in [0.29, 0.717) is 30.5 Å². The van der Waals surface area contributed by atoms with E-state index in [-0.39, 0.29) is 33.6 Å². The van der Waals surface area contributed by atoms with Crippen molar-refractivity contribution in [3.63, 3.8) is 0 Å². The Labute approximate surface area is 134 Å². The van der Waals surface area contributed by atoms with Crippen LogP contribution >= 0.6 is 23.2 Å². The maximum atomic E-state index is 12.1. The summed E-state index contributed by atoms with van der Waals surface area (Å²) in [6.07, 6.45) is 1.32. The van der Waals surface area contributed by atoms with Crippen molar-refractivity contribution in [2.24, 2.45) is 5.92 Å². The summed E-state index contributed by atoms with van der Waals surface area (Å²) in [4.78, 5) is 16.0. The van der Waals surface area contributed by atoms with Gasteiger partial charge in [-0.3, -0.25) is 4.79 Å². The maximum absolute atomic E-state index is 12.1. The van der Waals surface area contributed by atoms with Gasteiger partial charge in [0.1, 0.15) is 10.3 Å². The molecular weight excluding hydrogens is 335 g/mol. The van der Waals surface area contributed by atoms with E-state index in [1.54, 1.807) is 6.92 Å². The number of hydrogen-bond acceptors (Lipinski definition) is 4. The van der Waals surface area contributed by atoms with Gasteiger partial charge in [-0.1, -0.05) is 23.2 Å². The highest BCUT2D eigenvalue weighted by Gasteiger charge is 2.27. The molecule has 1 aromatic heterocycles. The average Bonchev–Trinajstić information content (AvgIpc) is 2.73. The predicted molar refractivity (Wildman–Crippen MR) is 82.7 cm³/mol. The monoisotopic (exact) mass is 350 g/mol. The molecule has 0 bridgehead atoms. The molecule has 8 heteroatoms. The van der Waals surface area contributed by atoms with E-state index in [0.717, 1.165) is 0 Å². The minimum Gasteiger partial charge on any atom is -0.352 e. The van der Waals surface area contributed by atoms with Crippen LogP contribution in [-0.4, -0.2) is 37.4 Å². The van der Waals surface area contributed by atoms with E-state index in [1.165, 1.54) is 6.07 Å². The van der Waals surface area contributed by atoms with Crippen molar-refractivity contribution in [2.45, 2.75) is 19.8 Å². The number of sulfone groups is 1. The summed E-state index contributed by atoms with van der Waals surface area (Å²) in [7, 11) is -2.87. The van der Waals surface area contributed by atoms with Gasteiger partial charge in [-0.2, -0.15) is 0 Å². The molecule has 2 rings (SSSR count). The maximum Gasteiger partial charge on any atom is 0.251 e. The number of nitrogens with zero attached hydrogens (tertiary/aromatic N) is 1. The number of pyridine rings is 1. The Morgan fingerprint density at radius 2 is 2.19 bits per heavy atom. The van der Waals surface area contributed by atoms with Crippen LogP contribution in [0.4, 0.5) is 0 Å². The van der Waals surface area contributed by atoms with Crippen LogP contribution < -0.4 is 5.32 Å². The molecule has 1 aromatic rings. The molecule has 0 aromatic carbocycles. The van der Waals surface area contributed by atoms with E-state index < -0.39 is 9.84 Å². The van der Waals surface area contributed by atoms with Gasteiger partial charge in [0.25, 0.3) is 5.91 Å². The third-order valence-electron chi connectivity index (χ3n) is 3.59. The number of halogens is 2. The van der Waals surface area contributed by atoms with E-state index in [2.05, 4.69) is 10.3 Å². The summed E-state index contributed by atoms with van der Waals surface area (Å²) in [6, 6.07) is 1.47. The Balaban J connectivity index is 1.91. The van der Waals surface area contributed by atoms with Crippen molar-refractivity contribution in [1.82, 2.24) is 10.3 Å². The van der Waals surface area contributed by atoms with Crippen LogP contribution in [0.1, 0.15) is 28.8 Å². The molecule has 1 amide bonds. The average molecular weight is 351 g/mol. The SMILES string of the molecule is Cc1c(C(=O)NCCC2CCS(=O)(=O)C2)cc(Cl)nc1Cl. The van der Waals surface area contributed by atoms with Crippen LogP contribution in [0.15, 0.2) is 6.07 Å². The zero-order valence-electron chi connectivity index (χ0n) is 11.5. The minimum atomic E-state index is -2.87. The zero-order chi connectivity index (χ0) is 15.6. The molecule has 0 radical (unpaired) electrons. The highest BCUT2D eigenvalue weighted by atomic mass is 35.5. The van der Waals surface area contributed by atoms with E-state index in [4.69, 9.17) is 23.2 Å². The van der Waals surface area contributed by atoms with Crippen LogP contribution in [-0.2, 0) is 9.84 Å². The Morgan fingerprint density at radius 1 is 1.48 bits per heavy atom. The number of carbonyl (C=O) groups excluding carboxylic acids is 1. The van der Waals surface area contributed by atoms with Crippen molar-refractivity contribution in [2.75, 3.05) is 18.1 Å². The lowest BCUT2D eigenvalue weighted by atomic mass is 10.1. The molecule has 1 aliphatic heterocycles. The van der Waals surface area contributed by atoms with Crippen molar-refractivity contribution in [1.29, 1.82) is 0 Å². The quantitative estimate of drug-likeness (QED) is 0.845. The molecular formula is C13H16Cl2N2O3S. The summed E-state index contributed by atoms with van der Waals surface area (Å²) in [5.74, 6) is 0.315. The largest absolute Gasteiger partial charge is 0.352 e. The highest BCUT2D eigenvalue weighted by molar-refractivity contribution is 7.91. The molecule has 0 saturated carbocycles. The second-order valence-corrected chi connectivity index (χ2v) is 8.20. The van der Waals surface area contributed by atoms with Gasteiger partial charge in [-0.15, -0.1) is 0 Å². The first-order chi connectivity index (χ1) is 9.78. The molecule has 1 unspecified atom stereocenters. The van der Waals surface area contributed by atoms with Crippen LogP contribution in [0, 0.1) is 12.8 Å². The lowest BCUT2D eigenvalue weighted by Crippen LogP contribution is -2.27. The molecule has 0 spiro atoms. The van der Waals surface area contributed by atoms with Gasteiger partial charge >= 0.3 is 0 Å². The standard InChI is InChI=1S/C13H16Cl2N2O3S/c1-8-10(6-11(14)17-12(8)15)13(18)16-4-2-9-3-5-21(19,20)7-9/h6,9H,2-5,7H2,1H3,(H,16,18). The number of hydrogen-bond donors (Lipinski definition) is 1. The molecule has 1 aliphatic rings. The molecule has 21 heavy (non-hydrogen) atoms. The molecule has 1 fully saturated rings. The predicted octanol–water partition coefficient (Wildman–Crippen LogP) is 2.25. The Morgan fingerprint density at radius 3 is 2.81 bits per heavy atom. The Bertz CT molecular complexity index is 662. The number of nitrogens with one attached hydrogen (secondary N) is 1. The summed E-state index contributed by atoms with van der Waals surface area (Å²) >= 11 is 11.7. The summed E-state index contributed by atoms with van der Waals surface area (Å²) < 4.78 is 22.7. The molecule has 2 heterocycles. The second kappa shape index (κ2) is 6.50. The molecule has 1 atom stereocenters. The fourth-order valence-electron chi connectivity index (χ4n) is 2.37. The lowest BCUT2D eigenvalue weighted by molar-refractivity contribution is 0.0951. The van der Waals surface area contributed by atoms with Crippen LogP contribution in [0.3, 0.4) is 0 Å². The first-order valence-electron chi connectivity index (χ1n) is 6.60. The van der Waals surface area contributed by atoms with Gasteiger partial charge in [0.05, 0.1) is 11.5 Å². The number of rotatable bonds is 4. The second-order valence-electron chi connectivity index (χ2n) is 5.22. The van der Waals surface area contributed by atoms with E-state index in [1.807, 2.05) is 0 Å². The summed E-state index contributed by atoms with van der Waals surface area (Å²) in [5.41, 5.74) is 0.959. The minimum absolute atomic E-state index is 0.126. The van der Waals surface area contributed by atoms with Gasteiger partial charge < -0.3 is 5.32 Å². The molecule has 1 N–H and O–H groups in total. The normalized spacial score (nSPS) is 20.4. The van der Waals surface area contributed by atoms with Gasteiger partial charge in [0, 0.05) is 12.1 Å². The van der Waals surface area contributed by atoms with Crippen LogP contribution in [0.2, 0.25) is 10.3 Å². The first-order valence-corrected chi connectivity index (χ1v) is 9.17. The summed E-state index contributed by atoms with van der Waals surface area (Å²) in [6.45, 7) is 2.13. The number of amides is 1. The van der Waals surface area contributed by atoms with Gasteiger partial charge in [0.15, 0.2) is 9.84 Å². The molecule has 5 nitrogen and oxygen atoms in total. The van der Waals surface area contributed by atoms with Gasteiger partial charge in [0.2, 0.25) is 0 Å². The van der Waals surface area contributed by atoms with Crippen molar-refractivity contribution >= 4 is 38.9 Å². The zero-order valence-corrected chi connectivity index (χ0v) is 13.9. The smallest absolute Gasteiger partial charge is 0.251 e. The lowest BCUT2D eigenvalue weighted by Gasteiger charge is -2.11. The fraction of sp³-hybridized carbons (Fsp3) is 0.538. The third kappa shape index (κ3) is 4.31. The summed E-state index contributed by atoms with van der Waals surface area (Å²) in [5, 5.41) is 3.14. The third-order valence-corrected chi connectivity index (χ3v) is 5.99. The molecule has 116 valence electrons. The van der Waals surface area contributed by atoms with Crippen LogP contribution in [0.25, 0.3) is 0 Å². The topological polar surface area (TPSA) is 76.1 Å². The van der Waals surface area contributed by atoms with E-state index in [9.17, 15) is 13.2 Å².